The number of carbonyl (C=O) groups is 3. The lowest BCUT2D eigenvalue weighted by Crippen LogP contribution is -2.58. The second kappa shape index (κ2) is 8.10. The molecule has 0 saturated carbocycles. The molecule has 2 aromatic carbocycles. The van der Waals surface area contributed by atoms with Gasteiger partial charge in [0.2, 0.25) is 5.91 Å². The van der Waals surface area contributed by atoms with E-state index in [9.17, 15) is 14.4 Å². The zero-order chi connectivity index (χ0) is 20.3. The van der Waals surface area contributed by atoms with E-state index in [1.807, 2.05) is 26.0 Å². The number of amides is 3. The number of aryl methyl sites for hydroxylation is 2. The number of thiocarbonyl (C=S) groups is 1. The quantitative estimate of drug-likeness (QED) is 0.360. The van der Waals surface area contributed by atoms with E-state index in [1.54, 1.807) is 36.4 Å². The smallest absolute Gasteiger partial charge is 0.271 e. The van der Waals surface area contributed by atoms with Gasteiger partial charge in [0.1, 0.15) is 0 Å². The number of hydrogen-bond acceptors (Lipinski definition) is 5. The summed E-state index contributed by atoms with van der Waals surface area (Å²) >= 11 is 5.14. The Morgan fingerprint density at radius 2 is 1.64 bits per heavy atom. The minimum absolute atomic E-state index is 0.00666. The second-order valence-electron chi connectivity index (χ2n) is 6.37. The molecule has 1 fully saturated rings. The highest BCUT2D eigenvalue weighted by atomic mass is 32.1. The minimum Gasteiger partial charge on any atom is -0.301 e. The van der Waals surface area contributed by atoms with E-state index in [-0.39, 0.29) is 5.11 Å². The Labute approximate surface area is 167 Å². The van der Waals surface area contributed by atoms with Gasteiger partial charge in [-0.15, -0.1) is 0 Å². The lowest BCUT2D eigenvalue weighted by Gasteiger charge is -2.30. The monoisotopic (exact) mass is 394 g/mol. The summed E-state index contributed by atoms with van der Waals surface area (Å²) in [6.45, 7) is 3.84. The first-order valence-electron chi connectivity index (χ1n) is 8.52. The van der Waals surface area contributed by atoms with Gasteiger partial charge < -0.3 is 5.32 Å². The molecule has 1 heterocycles. The summed E-state index contributed by atoms with van der Waals surface area (Å²) in [5, 5.41) is 6.29. The van der Waals surface area contributed by atoms with Gasteiger partial charge in [-0.25, -0.2) is 5.43 Å². The molecule has 7 nitrogen and oxygen atoms in total. The van der Waals surface area contributed by atoms with E-state index in [0.29, 0.717) is 11.3 Å². The summed E-state index contributed by atoms with van der Waals surface area (Å²) < 4.78 is 0. The minimum atomic E-state index is -1.20. The lowest BCUT2D eigenvalue weighted by molar-refractivity contribution is -0.130. The van der Waals surface area contributed by atoms with Crippen LogP contribution < -0.4 is 15.6 Å². The maximum atomic E-state index is 12.8. The standard InChI is InChI=1S/C20H18N4O3S/c1-12-3-7-14(8-4-12)17(25)23-21-11-16-18(26)22-20(28)24(19(16)27)15-9-5-13(2)6-10-15/h3-11,16H,1-2H3,(H,23,25)(H,22,26,28)/b21-11+/t16-/m0/s1. The first-order valence-corrected chi connectivity index (χ1v) is 8.93. The molecular formula is C20H18N4O3S. The normalized spacial score (nSPS) is 17.0. The number of hydrazone groups is 1. The van der Waals surface area contributed by atoms with Gasteiger partial charge in [-0.1, -0.05) is 35.4 Å². The van der Waals surface area contributed by atoms with Crippen LogP contribution in [-0.4, -0.2) is 29.0 Å². The summed E-state index contributed by atoms with van der Waals surface area (Å²) in [5.74, 6) is -2.77. The predicted octanol–water partition coefficient (Wildman–Crippen LogP) is 2.08. The second-order valence-corrected chi connectivity index (χ2v) is 6.75. The Balaban J connectivity index is 1.74. The van der Waals surface area contributed by atoms with Gasteiger partial charge in [-0.05, 0) is 50.3 Å². The Morgan fingerprint density at radius 3 is 2.25 bits per heavy atom. The van der Waals surface area contributed by atoms with Crippen molar-refractivity contribution in [3.63, 3.8) is 0 Å². The van der Waals surface area contributed by atoms with Crippen molar-refractivity contribution in [3.05, 3.63) is 65.2 Å². The summed E-state index contributed by atoms with van der Waals surface area (Å²) in [6, 6.07) is 14.1. The molecule has 0 aliphatic carbocycles. The van der Waals surface area contributed by atoms with E-state index >= 15 is 0 Å². The van der Waals surface area contributed by atoms with Crippen LogP contribution in [0.2, 0.25) is 0 Å². The number of rotatable bonds is 4. The fourth-order valence-electron chi connectivity index (χ4n) is 2.60. The summed E-state index contributed by atoms with van der Waals surface area (Å²) in [7, 11) is 0. The first kappa shape index (κ1) is 19.4. The van der Waals surface area contributed by atoms with Crippen LogP contribution in [0.25, 0.3) is 0 Å². The van der Waals surface area contributed by atoms with Crippen LogP contribution in [0.1, 0.15) is 21.5 Å². The van der Waals surface area contributed by atoms with E-state index in [2.05, 4.69) is 15.8 Å². The highest BCUT2D eigenvalue weighted by Gasteiger charge is 2.38. The van der Waals surface area contributed by atoms with E-state index < -0.39 is 23.6 Å². The molecule has 3 amide bonds. The predicted molar refractivity (Wildman–Crippen MR) is 110 cm³/mol. The van der Waals surface area contributed by atoms with Crippen molar-refractivity contribution in [2.75, 3.05) is 4.90 Å². The van der Waals surface area contributed by atoms with Gasteiger partial charge in [0, 0.05) is 11.8 Å². The third-order valence-electron chi connectivity index (χ3n) is 4.20. The molecule has 0 radical (unpaired) electrons. The summed E-state index contributed by atoms with van der Waals surface area (Å²) in [4.78, 5) is 38.3. The third kappa shape index (κ3) is 4.12. The number of hydrogen-bond donors (Lipinski definition) is 2. The molecule has 0 aromatic heterocycles. The van der Waals surface area contributed by atoms with Crippen LogP contribution in [0.5, 0.6) is 0 Å². The van der Waals surface area contributed by atoms with Crippen molar-refractivity contribution in [1.82, 2.24) is 10.7 Å². The molecule has 28 heavy (non-hydrogen) atoms. The Bertz CT molecular complexity index is 968. The van der Waals surface area contributed by atoms with E-state index in [0.717, 1.165) is 17.3 Å². The Hall–Kier alpha value is -3.39. The molecule has 1 atom stereocenters. The molecule has 0 unspecified atom stereocenters. The van der Waals surface area contributed by atoms with Crippen molar-refractivity contribution >= 4 is 47.0 Å². The molecule has 2 N–H and O–H groups in total. The number of carbonyl (C=O) groups excluding carboxylic acids is 3. The maximum absolute atomic E-state index is 12.8. The van der Waals surface area contributed by atoms with Crippen LogP contribution in [0.4, 0.5) is 5.69 Å². The van der Waals surface area contributed by atoms with Crippen LogP contribution in [0.3, 0.4) is 0 Å². The number of benzene rings is 2. The average molecular weight is 394 g/mol. The van der Waals surface area contributed by atoms with Crippen LogP contribution in [0.15, 0.2) is 53.6 Å². The first-order chi connectivity index (χ1) is 13.4. The molecule has 1 saturated heterocycles. The topological polar surface area (TPSA) is 90.9 Å². The molecule has 0 bridgehead atoms. The van der Waals surface area contributed by atoms with Gasteiger partial charge in [0.05, 0.1) is 5.69 Å². The molecule has 3 rings (SSSR count). The zero-order valence-electron chi connectivity index (χ0n) is 15.3. The average Bonchev–Trinajstić information content (AvgIpc) is 2.66. The third-order valence-corrected chi connectivity index (χ3v) is 4.48. The number of nitrogens with one attached hydrogen (secondary N) is 2. The lowest BCUT2D eigenvalue weighted by atomic mass is 10.1. The van der Waals surface area contributed by atoms with Crippen molar-refractivity contribution in [2.45, 2.75) is 13.8 Å². The molecule has 2 aromatic rings. The zero-order valence-corrected chi connectivity index (χ0v) is 16.1. The molecular weight excluding hydrogens is 376 g/mol. The fraction of sp³-hybridized carbons (Fsp3) is 0.150. The summed E-state index contributed by atoms with van der Waals surface area (Å²) in [5.41, 5.74) is 5.34. The highest BCUT2D eigenvalue weighted by molar-refractivity contribution is 7.80. The van der Waals surface area contributed by atoms with Crippen molar-refractivity contribution < 1.29 is 14.4 Å². The number of nitrogens with zero attached hydrogens (tertiary/aromatic N) is 2. The highest BCUT2D eigenvalue weighted by Crippen LogP contribution is 2.20. The maximum Gasteiger partial charge on any atom is 0.271 e. The Morgan fingerprint density at radius 1 is 1.07 bits per heavy atom. The van der Waals surface area contributed by atoms with Crippen LogP contribution in [0, 0.1) is 19.8 Å². The Kier molecular flexibility index (Phi) is 5.60. The molecule has 8 heteroatoms. The van der Waals surface area contributed by atoms with Gasteiger partial charge in [-0.3, -0.25) is 19.3 Å². The van der Waals surface area contributed by atoms with Crippen molar-refractivity contribution in [3.8, 4) is 0 Å². The molecule has 0 spiro atoms. The molecule has 1 aliphatic heterocycles. The van der Waals surface area contributed by atoms with Crippen LogP contribution in [-0.2, 0) is 9.59 Å². The van der Waals surface area contributed by atoms with E-state index in [1.165, 1.54) is 4.90 Å². The fourth-order valence-corrected chi connectivity index (χ4v) is 2.90. The summed E-state index contributed by atoms with van der Waals surface area (Å²) in [6.07, 6.45) is 1.10. The molecule has 142 valence electrons. The van der Waals surface area contributed by atoms with Gasteiger partial charge in [-0.2, -0.15) is 5.10 Å². The van der Waals surface area contributed by atoms with Crippen LogP contribution >= 0.6 is 12.2 Å². The van der Waals surface area contributed by atoms with Gasteiger partial charge in [0.25, 0.3) is 11.8 Å². The van der Waals surface area contributed by atoms with Gasteiger partial charge >= 0.3 is 0 Å². The van der Waals surface area contributed by atoms with Gasteiger partial charge in [0.15, 0.2) is 11.0 Å². The van der Waals surface area contributed by atoms with Crippen molar-refractivity contribution in [2.24, 2.45) is 11.0 Å². The SMILES string of the molecule is Cc1ccc(C(=O)N/N=C/[C@H]2C(=O)NC(=S)N(c3ccc(C)cc3)C2=O)cc1. The van der Waals surface area contributed by atoms with E-state index in [4.69, 9.17) is 12.2 Å². The van der Waals surface area contributed by atoms with Crippen molar-refractivity contribution in [1.29, 1.82) is 0 Å². The molecule has 1 aliphatic rings. The largest absolute Gasteiger partial charge is 0.301 e. The number of anilines is 1.